The van der Waals surface area contributed by atoms with Crippen LogP contribution in [0.4, 0.5) is 9.52 Å². The lowest BCUT2D eigenvalue weighted by molar-refractivity contribution is -0.117. The largest absolute Gasteiger partial charge is 0.291 e. The summed E-state index contributed by atoms with van der Waals surface area (Å²) in [5.41, 5.74) is 0.665. The number of amides is 1. The lowest BCUT2D eigenvalue weighted by atomic mass is 10.1. The van der Waals surface area contributed by atoms with Gasteiger partial charge >= 0.3 is 0 Å². The molecule has 0 radical (unpaired) electrons. The number of anilines is 1. The first-order valence-corrected chi connectivity index (χ1v) is 5.95. The Balaban J connectivity index is 2.07. The van der Waals surface area contributed by atoms with Gasteiger partial charge in [-0.25, -0.2) is 9.37 Å². The number of hydrogen-bond acceptors (Lipinski definition) is 3. The number of hydrogen-bond donors (Lipinski definition) is 0. The van der Waals surface area contributed by atoms with Crippen LogP contribution >= 0.6 is 11.3 Å². The molecule has 1 aromatic heterocycles. The summed E-state index contributed by atoms with van der Waals surface area (Å²) in [5, 5.41) is 2.45. The van der Waals surface area contributed by atoms with E-state index in [4.69, 9.17) is 0 Å². The number of nitrogens with zero attached hydrogens (tertiary/aromatic N) is 2. The van der Waals surface area contributed by atoms with Gasteiger partial charge in [0.15, 0.2) is 5.13 Å². The second kappa shape index (κ2) is 5.05. The highest BCUT2D eigenvalue weighted by atomic mass is 32.1. The van der Waals surface area contributed by atoms with E-state index < -0.39 is 0 Å². The molecule has 2 rings (SSSR count). The van der Waals surface area contributed by atoms with Crippen molar-refractivity contribution in [2.45, 2.75) is 6.42 Å². The first kappa shape index (κ1) is 11.7. The maximum absolute atomic E-state index is 13.0. The lowest BCUT2D eigenvalue weighted by Gasteiger charge is -2.13. The van der Waals surface area contributed by atoms with Gasteiger partial charge in [0.25, 0.3) is 0 Å². The van der Waals surface area contributed by atoms with Crippen LogP contribution in [0.25, 0.3) is 0 Å². The summed E-state index contributed by atoms with van der Waals surface area (Å²) >= 11 is 1.39. The van der Waals surface area contributed by atoms with Crippen molar-refractivity contribution in [3.05, 3.63) is 47.2 Å². The SMILES string of the molecule is CN(C(=O)Cc1cccc(F)c1)c1nccs1. The number of thiazole rings is 1. The molecule has 0 aliphatic rings. The lowest BCUT2D eigenvalue weighted by Crippen LogP contribution is -2.27. The van der Waals surface area contributed by atoms with Crippen LogP contribution in [0.15, 0.2) is 35.8 Å². The number of carbonyl (C=O) groups is 1. The fraction of sp³-hybridized carbons (Fsp3) is 0.167. The van der Waals surface area contributed by atoms with Gasteiger partial charge in [-0.05, 0) is 17.7 Å². The van der Waals surface area contributed by atoms with E-state index in [0.29, 0.717) is 10.7 Å². The Morgan fingerprint density at radius 1 is 1.53 bits per heavy atom. The van der Waals surface area contributed by atoms with E-state index in [0.717, 1.165) is 0 Å². The summed E-state index contributed by atoms with van der Waals surface area (Å²) in [5.74, 6) is -0.433. The summed E-state index contributed by atoms with van der Waals surface area (Å²) in [7, 11) is 1.67. The molecule has 0 saturated heterocycles. The molecular formula is C12H11FN2OS. The summed E-state index contributed by atoms with van der Waals surface area (Å²) in [6.45, 7) is 0. The monoisotopic (exact) mass is 250 g/mol. The van der Waals surface area contributed by atoms with Crippen LogP contribution in [0.1, 0.15) is 5.56 Å². The molecule has 0 N–H and O–H groups in total. The highest BCUT2D eigenvalue weighted by Crippen LogP contribution is 2.16. The van der Waals surface area contributed by atoms with Crippen molar-refractivity contribution in [2.24, 2.45) is 0 Å². The van der Waals surface area contributed by atoms with Crippen molar-refractivity contribution < 1.29 is 9.18 Å². The molecular weight excluding hydrogens is 239 g/mol. The highest BCUT2D eigenvalue weighted by molar-refractivity contribution is 7.13. The molecule has 0 saturated carbocycles. The maximum atomic E-state index is 13.0. The molecule has 1 aromatic carbocycles. The first-order chi connectivity index (χ1) is 8.16. The van der Waals surface area contributed by atoms with E-state index >= 15 is 0 Å². The third-order valence-electron chi connectivity index (χ3n) is 2.32. The number of halogens is 1. The fourth-order valence-electron chi connectivity index (χ4n) is 1.43. The minimum Gasteiger partial charge on any atom is -0.291 e. The Labute approximate surface area is 103 Å². The van der Waals surface area contributed by atoms with Crippen LogP contribution in [0.3, 0.4) is 0 Å². The first-order valence-electron chi connectivity index (χ1n) is 5.07. The van der Waals surface area contributed by atoms with Gasteiger partial charge in [0, 0.05) is 18.6 Å². The average molecular weight is 250 g/mol. The summed E-state index contributed by atoms with van der Waals surface area (Å²) in [4.78, 5) is 17.4. The van der Waals surface area contributed by atoms with Crippen molar-refractivity contribution >= 4 is 22.4 Å². The number of carbonyl (C=O) groups excluding carboxylic acids is 1. The summed E-state index contributed by atoms with van der Waals surface area (Å²) in [6, 6.07) is 6.06. The third-order valence-corrected chi connectivity index (χ3v) is 3.17. The number of likely N-dealkylation sites (N-methyl/N-ethyl adjacent to an activating group) is 1. The third kappa shape index (κ3) is 2.88. The summed E-state index contributed by atoms with van der Waals surface area (Å²) in [6.07, 6.45) is 1.82. The van der Waals surface area contributed by atoms with Crippen LogP contribution in [0.2, 0.25) is 0 Å². The van der Waals surface area contributed by atoms with Crippen LogP contribution in [-0.4, -0.2) is 17.9 Å². The van der Waals surface area contributed by atoms with E-state index in [1.54, 1.807) is 30.8 Å². The van der Waals surface area contributed by atoms with Gasteiger partial charge in [0.2, 0.25) is 5.91 Å². The quantitative estimate of drug-likeness (QED) is 0.838. The Morgan fingerprint density at radius 2 is 2.35 bits per heavy atom. The normalized spacial score (nSPS) is 10.2. The van der Waals surface area contributed by atoms with E-state index in [1.165, 1.54) is 28.4 Å². The molecule has 1 heterocycles. The Morgan fingerprint density at radius 3 is 3.00 bits per heavy atom. The van der Waals surface area contributed by atoms with Crippen LogP contribution < -0.4 is 4.90 Å². The van der Waals surface area contributed by atoms with Gasteiger partial charge in [-0.15, -0.1) is 11.3 Å². The predicted octanol–water partition coefficient (Wildman–Crippen LogP) is 2.49. The van der Waals surface area contributed by atoms with Gasteiger partial charge in [-0.2, -0.15) is 0 Å². The van der Waals surface area contributed by atoms with Gasteiger partial charge in [-0.1, -0.05) is 12.1 Å². The second-order valence-electron chi connectivity index (χ2n) is 3.57. The van der Waals surface area contributed by atoms with Crippen molar-refractivity contribution in [3.63, 3.8) is 0 Å². The molecule has 2 aromatic rings. The van der Waals surface area contributed by atoms with Gasteiger partial charge in [0.05, 0.1) is 6.42 Å². The molecule has 0 atom stereocenters. The number of rotatable bonds is 3. The Kier molecular flexibility index (Phi) is 3.49. The second-order valence-corrected chi connectivity index (χ2v) is 4.45. The Bertz CT molecular complexity index is 513. The zero-order valence-corrected chi connectivity index (χ0v) is 10.1. The highest BCUT2D eigenvalue weighted by Gasteiger charge is 2.13. The van der Waals surface area contributed by atoms with Crippen LogP contribution in [0.5, 0.6) is 0 Å². The van der Waals surface area contributed by atoms with Crippen molar-refractivity contribution in [2.75, 3.05) is 11.9 Å². The smallest absolute Gasteiger partial charge is 0.232 e. The van der Waals surface area contributed by atoms with E-state index in [2.05, 4.69) is 4.98 Å². The molecule has 0 bridgehead atoms. The van der Waals surface area contributed by atoms with Gasteiger partial charge in [0.1, 0.15) is 5.82 Å². The predicted molar refractivity (Wildman–Crippen MR) is 65.6 cm³/mol. The minimum atomic E-state index is -0.327. The molecule has 88 valence electrons. The number of benzene rings is 1. The molecule has 0 fully saturated rings. The molecule has 17 heavy (non-hydrogen) atoms. The van der Waals surface area contributed by atoms with E-state index in [9.17, 15) is 9.18 Å². The van der Waals surface area contributed by atoms with Crippen LogP contribution in [-0.2, 0) is 11.2 Å². The zero-order chi connectivity index (χ0) is 12.3. The van der Waals surface area contributed by atoms with Crippen molar-refractivity contribution in [1.29, 1.82) is 0 Å². The molecule has 0 aliphatic carbocycles. The van der Waals surface area contributed by atoms with E-state index in [-0.39, 0.29) is 18.1 Å². The molecule has 0 aliphatic heterocycles. The van der Waals surface area contributed by atoms with Gasteiger partial charge in [-0.3, -0.25) is 9.69 Å². The molecule has 0 spiro atoms. The average Bonchev–Trinajstić information content (AvgIpc) is 2.81. The standard InChI is InChI=1S/C12H11FN2OS/c1-15(12-14-5-6-17-12)11(16)8-9-3-2-4-10(13)7-9/h2-7H,8H2,1H3. The zero-order valence-electron chi connectivity index (χ0n) is 9.26. The van der Waals surface area contributed by atoms with Crippen molar-refractivity contribution in [3.8, 4) is 0 Å². The topological polar surface area (TPSA) is 33.2 Å². The minimum absolute atomic E-state index is 0.106. The summed E-state index contributed by atoms with van der Waals surface area (Å²) < 4.78 is 13.0. The Hall–Kier alpha value is -1.75. The maximum Gasteiger partial charge on any atom is 0.232 e. The fourth-order valence-corrected chi connectivity index (χ4v) is 2.05. The number of aromatic nitrogens is 1. The van der Waals surface area contributed by atoms with Crippen molar-refractivity contribution in [1.82, 2.24) is 4.98 Å². The van der Waals surface area contributed by atoms with Gasteiger partial charge < -0.3 is 0 Å². The van der Waals surface area contributed by atoms with E-state index in [1.807, 2.05) is 0 Å². The molecule has 1 amide bonds. The molecule has 5 heteroatoms. The molecule has 0 unspecified atom stereocenters. The van der Waals surface area contributed by atoms with Crippen LogP contribution in [0, 0.1) is 5.82 Å². The molecule has 3 nitrogen and oxygen atoms in total.